The molecule has 1 atom stereocenters. The van der Waals surface area contributed by atoms with Gasteiger partial charge in [-0.15, -0.1) is 0 Å². The van der Waals surface area contributed by atoms with Gasteiger partial charge in [0, 0.05) is 11.4 Å². The number of para-hydroxylation sites is 1. The number of aryl methyl sites for hydroxylation is 1. The topological polar surface area (TPSA) is 3.24 Å². The molecule has 0 heterocycles. The van der Waals surface area contributed by atoms with Gasteiger partial charge >= 0.3 is 0 Å². The summed E-state index contributed by atoms with van der Waals surface area (Å²) in [5, 5.41) is 4.98. The first-order valence-electron chi connectivity index (χ1n) is 20.9. The van der Waals surface area contributed by atoms with Gasteiger partial charge in [-0.1, -0.05) is 220 Å². The highest BCUT2D eigenvalue weighted by Gasteiger charge is 2.24. The first kappa shape index (κ1) is 39.0. The van der Waals surface area contributed by atoms with Crippen molar-refractivity contribution >= 4 is 38.5 Å². The molecule has 0 N–H and O–H groups in total. The summed E-state index contributed by atoms with van der Waals surface area (Å²) < 4.78 is 0. The van der Waals surface area contributed by atoms with Crippen LogP contribution in [0.3, 0.4) is 0 Å². The summed E-state index contributed by atoms with van der Waals surface area (Å²) in [6, 6.07) is 74.9. The molecule has 294 valence electrons. The zero-order valence-electron chi connectivity index (χ0n) is 33.8. The molecule has 10 rings (SSSR count). The fourth-order valence-electron chi connectivity index (χ4n) is 9.15. The lowest BCUT2D eigenvalue weighted by Crippen LogP contribution is -2.33. The van der Waals surface area contributed by atoms with Crippen LogP contribution in [0, 0.1) is 6.92 Å². The number of benzene rings is 9. The average molecular weight is 784 g/mol. The van der Waals surface area contributed by atoms with Crippen LogP contribution in [0.4, 0.5) is 5.69 Å². The number of fused-ring (bicyclic) bond motifs is 2. The van der Waals surface area contributed by atoms with Crippen molar-refractivity contribution in [2.24, 2.45) is 0 Å². The minimum atomic E-state index is 0. The maximum absolute atomic E-state index is 4.64. The highest BCUT2D eigenvalue weighted by Crippen LogP contribution is 2.46. The molecule has 0 saturated carbocycles. The second-order valence-corrected chi connectivity index (χ2v) is 15.7. The van der Waals surface area contributed by atoms with Crippen LogP contribution in [0.25, 0.3) is 77.3 Å². The largest absolute Gasteiger partial charge is 0.334 e. The van der Waals surface area contributed by atoms with Gasteiger partial charge in [-0.05, 0) is 120 Å². The van der Waals surface area contributed by atoms with Crippen molar-refractivity contribution in [1.82, 2.24) is 0 Å². The molecule has 0 spiro atoms. The van der Waals surface area contributed by atoms with E-state index in [1.165, 1.54) is 88.4 Å². The van der Waals surface area contributed by atoms with Crippen LogP contribution in [0.2, 0.25) is 0 Å². The number of rotatable bonds is 9. The van der Waals surface area contributed by atoms with Gasteiger partial charge in [0.05, 0.1) is 6.04 Å². The second kappa shape index (κ2) is 17.0. The second-order valence-electron chi connectivity index (χ2n) is 15.7. The molecule has 0 radical (unpaired) electrons. The van der Waals surface area contributed by atoms with E-state index in [9.17, 15) is 0 Å². The Morgan fingerprint density at radius 3 is 1.51 bits per heavy atom. The number of allylic oxidation sites excluding steroid dienone is 2. The Bertz CT molecular complexity index is 3070. The summed E-state index contributed by atoms with van der Waals surface area (Å²) in [5.74, 6) is 0. The Hall–Kier alpha value is -7.48. The maximum atomic E-state index is 4.64. The van der Waals surface area contributed by atoms with Gasteiger partial charge < -0.3 is 4.90 Å². The first-order chi connectivity index (χ1) is 29.6. The number of nitrogens with zero attached hydrogens (tertiary/aromatic N) is 1. The molecular formula is C60H49N. The highest BCUT2D eigenvalue weighted by atomic mass is 15.2. The smallest absolute Gasteiger partial charge is 0.0560 e. The Kier molecular flexibility index (Phi) is 10.9. The molecule has 1 aliphatic carbocycles. The standard InChI is InChI=1S/C59H45N.CH4/c1-41-19-15-18-30-57(41)60(42(2)43-20-7-3-8-21-43)50-35-31-44(32-36-50)48-33-37-53-55(39-48)58(46-24-11-5-12-25-46)54-38-34-49(40-56(54)59(53)47-26-13-6-14-27-47)52-29-17-16-28-51(52)45-22-9-4-10-23-45;/h3-35,37-40,50H,2,36H2,1H3;1H4. The third kappa shape index (κ3) is 7.41. The van der Waals surface area contributed by atoms with E-state index in [2.05, 4.69) is 243 Å². The Labute approximate surface area is 360 Å². The lowest BCUT2D eigenvalue weighted by Gasteiger charge is -2.35. The lowest BCUT2D eigenvalue weighted by atomic mass is 9.83. The van der Waals surface area contributed by atoms with E-state index in [4.69, 9.17) is 0 Å². The monoisotopic (exact) mass is 783 g/mol. The minimum absolute atomic E-state index is 0. The summed E-state index contributed by atoms with van der Waals surface area (Å²) in [6.45, 7) is 6.82. The van der Waals surface area contributed by atoms with Gasteiger partial charge in [-0.3, -0.25) is 0 Å². The van der Waals surface area contributed by atoms with Crippen molar-refractivity contribution < 1.29 is 0 Å². The van der Waals surface area contributed by atoms with Crippen molar-refractivity contribution in [3.05, 3.63) is 248 Å². The summed E-state index contributed by atoms with van der Waals surface area (Å²) >= 11 is 0. The Balaban J connectivity index is 0.00000476. The molecule has 0 aliphatic heterocycles. The fourth-order valence-corrected chi connectivity index (χ4v) is 9.15. The maximum Gasteiger partial charge on any atom is 0.0560 e. The molecule has 1 unspecified atom stereocenters. The van der Waals surface area contributed by atoms with E-state index in [1.54, 1.807) is 0 Å². The highest BCUT2D eigenvalue weighted by molar-refractivity contribution is 6.22. The molecule has 61 heavy (non-hydrogen) atoms. The van der Waals surface area contributed by atoms with E-state index in [0.29, 0.717) is 0 Å². The van der Waals surface area contributed by atoms with Crippen molar-refractivity contribution in [3.8, 4) is 44.5 Å². The van der Waals surface area contributed by atoms with Crippen LogP contribution in [0.1, 0.15) is 30.5 Å². The Morgan fingerprint density at radius 2 is 0.951 bits per heavy atom. The van der Waals surface area contributed by atoms with Crippen molar-refractivity contribution in [3.63, 3.8) is 0 Å². The van der Waals surface area contributed by atoms with Gasteiger partial charge in [0.2, 0.25) is 0 Å². The molecule has 9 aromatic rings. The van der Waals surface area contributed by atoms with Gasteiger partial charge in [-0.2, -0.15) is 0 Å². The normalized spacial score (nSPS) is 13.4. The van der Waals surface area contributed by atoms with E-state index in [-0.39, 0.29) is 13.5 Å². The van der Waals surface area contributed by atoms with E-state index < -0.39 is 0 Å². The Morgan fingerprint density at radius 1 is 0.475 bits per heavy atom. The predicted octanol–water partition coefficient (Wildman–Crippen LogP) is 16.5. The van der Waals surface area contributed by atoms with Crippen LogP contribution in [-0.2, 0) is 0 Å². The molecule has 0 amide bonds. The van der Waals surface area contributed by atoms with E-state index in [1.807, 2.05) is 0 Å². The lowest BCUT2D eigenvalue weighted by molar-refractivity contribution is 0.790. The summed E-state index contributed by atoms with van der Waals surface area (Å²) in [5.41, 5.74) is 16.8. The quantitative estimate of drug-likeness (QED) is 0.132. The SMILES string of the molecule is C.C=C(c1ccccc1)N(c1ccccc1C)C1C=CC(c2ccc3c(-c4ccccc4)c4cc(-c5ccccc5-c5ccccc5)ccc4c(-c4ccccc4)c3c2)=CC1. The predicted molar refractivity (Wildman–Crippen MR) is 265 cm³/mol. The molecule has 0 bridgehead atoms. The molecule has 1 aliphatic rings. The average Bonchev–Trinajstić information content (AvgIpc) is 3.32. The number of hydrogen-bond acceptors (Lipinski definition) is 1. The zero-order valence-corrected chi connectivity index (χ0v) is 33.8. The first-order valence-corrected chi connectivity index (χ1v) is 20.9. The van der Waals surface area contributed by atoms with E-state index >= 15 is 0 Å². The summed E-state index contributed by atoms with van der Waals surface area (Å²) in [6.07, 6.45) is 7.95. The molecule has 1 heteroatoms. The third-order valence-electron chi connectivity index (χ3n) is 12.1. The zero-order chi connectivity index (χ0) is 40.4. The molecule has 0 aromatic heterocycles. The van der Waals surface area contributed by atoms with Crippen LogP contribution < -0.4 is 4.90 Å². The molecule has 1 nitrogen and oxygen atoms in total. The minimum Gasteiger partial charge on any atom is -0.334 e. The van der Waals surface area contributed by atoms with Gasteiger partial charge in [0.15, 0.2) is 0 Å². The van der Waals surface area contributed by atoms with E-state index in [0.717, 1.165) is 17.7 Å². The fraction of sp³-hybridized carbons (Fsp3) is 0.0667. The number of hydrogen-bond donors (Lipinski definition) is 0. The van der Waals surface area contributed by atoms with Gasteiger partial charge in [-0.25, -0.2) is 0 Å². The van der Waals surface area contributed by atoms with Crippen LogP contribution in [-0.4, -0.2) is 6.04 Å². The van der Waals surface area contributed by atoms with Gasteiger partial charge in [0.1, 0.15) is 0 Å². The van der Waals surface area contributed by atoms with Crippen molar-refractivity contribution in [2.45, 2.75) is 26.8 Å². The van der Waals surface area contributed by atoms with Crippen molar-refractivity contribution in [1.29, 1.82) is 0 Å². The summed E-state index contributed by atoms with van der Waals surface area (Å²) in [4.78, 5) is 2.41. The van der Waals surface area contributed by atoms with Crippen molar-refractivity contribution in [2.75, 3.05) is 4.90 Å². The van der Waals surface area contributed by atoms with Crippen LogP contribution in [0.15, 0.2) is 231 Å². The molecule has 0 saturated heterocycles. The summed E-state index contributed by atoms with van der Waals surface area (Å²) in [7, 11) is 0. The third-order valence-corrected chi connectivity index (χ3v) is 12.1. The molecule has 9 aromatic carbocycles. The molecular weight excluding hydrogens is 735 g/mol. The van der Waals surface area contributed by atoms with Crippen LogP contribution in [0.5, 0.6) is 0 Å². The van der Waals surface area contributed by atoms with Gasteiger partial charge in [0.25, 0.3) is 0 Å². The molecule has 0 fully saturated rings. The van der Waals surface area contributed by atoms with Crippen LogP contribution >= 0.6 is 0 Å². The number of anilines is 1.